The molecule has 0 saturated heterocycles. The van der Waals surface area contributed by atoms with Gasteiger partial charge in [-0.1, -0.05) is 0 Å². The molecule has 0 radical (unpaired) electrons. The number of carboxylic acid groups (broad SMARTS) is 1. The minimum Gasteiger partial charge on any atom is -0.480 e. The van der Waals surface area contributed by atoms with Gasteiger partial charge in [-0.05, 0) is 30.7 Å². The monoisotopic (exact) mass is 328 g/mol. The van der Waals surface area contributed by atoms with E-state index in [4.69, 9.17) is 10.4 Å². The molecule has 2 aromatic rings. The summed E-state index contributed by atoms with van der Waals surface area (Å²) >= 11 is 0. The number of benzene rings is 1. The van der Waals surface area contributed by atoms with Gasteiger partial charge in [0.2, 0.25) is 5.91 Å². The Morgan fingerprint density at radius 2 is 2.00 bits per heavy atom. The summed E-state index contributed by atoms with van der Waals surface area (Å²) in [6, 6.07) is 8.78. The Labute approximate surface area is 137 Å². The van der Waals surface area contributed by atoms with Crippen molar-refractivity contribution >= 4 is 28.7 Å². The molecule has 1 heterocycles. The third-order valence-electron chi connectivity index (χ3n) is 3.30. The van der Waals surface area contributed by atoms with E-state index in [2.05, 4.69) is 15.6 Å². The number of carbonyl (C=O) groups excluding carboxylic acids is 2. The fraction of sp³-hybridized carbons (Fsp3) is 0.250. The first-order chi connectivity index (χ1) is 11.5. The Bertz CT molecular complexity index is 819. The van der Waals surface area contributed by atoms with Crippen LogP contribution < -0.4 is 10.6 Å². The molecule has 124 valence electrons. The third kappa shape index (κ3) is 4.58. The Hall–Kier alpha value is -3.34. The predicted octanol–water partition coefficient (Wildman–Crippen LogP) is 0.750. The second-order valence-corrected chi connectivity index (χ2v) is 5.13. The molecule has 4 N–H and O–H groups in total. The topological polar surface area (TPSA) is 135 Å². The molecule has 1 aromatic carbocycles. The number of aliphatic carboxylic acids is 1. The Kier molecular flexibility index (Phi) is 5.52. The van der Waals surface area contributed by atoms with Gasteiger partial charge in [-0.3, -0.25) is 14.4 Å². The molecule has 1 aromatic heterocycles. The van der Waals surface area contributed by atoms with E-state index in [1.165, 1.54) is 0 Å². The van der Waals surface area contributed by atoms with Crippen molar-refractivity contribution in [1.29, 1.82) is 5.26 Å². The number of nitriles is 1. The highest BCUT2D eigenvalue weighted by Crippen LogP contribution is 2.16. The van der Waals surface area contributed by atoms with Gasteiger partial charge in [0.05, 0.1) is 11.6 Å². The molecule has 2 rings (SSSR count). The zero-order valence-electron chi connectivity index (χ0n) is 12.8. The van der Waals surface area contributed by atoms with Gasteiger partial charge in [0.1, 0.15) is 12.2 Å². The van der Waals surface area contributed by atoms with E-state index in [0.717, 1.165) is 10.9 Å². The number of amides is 2. The van der Waals surface area contributed by atoms with Gasteiger partial charge in [-0.15, -0.1) is 0 Å². The minimum absolute atomic E-state index is 0.131. The van der Waals surface area contributed by atoms with Crippen LogP contribution in [0.5, 0.6) is 0 Å². The lowest BCUT2D eigenvalue weighted by atomic mass is 10.2. The molecule has 2 amide bonds. The summed E-state index contributed by atoms with van der Waals surface area (Å²) < 4.78 is 0. The van der Waals surface area contributed by atoms with Crippen LogP contribution in [-0.2, 0) is 9.59 Å². The number of nitrogens with one attached hydrogen (secondary N) is 3. The number of aromatic nitrogens is 1. The van der Waals surface area contributed by atoms with Crippen LogP contribution >= 0.6 is 0 Å². The van der Waals surface area contributed by atoms with Crippen molar-refractivity contribution in [1.82, 2.24) is 15.6 Å². The molecule has 0 atom stereocenters. The van der Waals surface area contributed by atoms with Crippen molar-refractivity contribution in [2.45, 2.75) is 12.8 Å². The lowest BCUT2D eigenvalue weighted by molar-refractivity contribution is -0.137. The van der Waals surface area contributed by atoms with Crippen molar-refractivity contribution in [2.24, 2.45) is 0 Å². The fourth-order valence-electron chi connectivity index (χ4n) is 2.13. The van der Waals surface area contributed by atoms with Crippen molar-refractivity contribution in [3.8, 4) is 6.07 Å². The number of aromatic amines is 1. The van der Waals surface area contributed by atoms with Crippen molar-refractivity contribution in [3.05, 3.63) is 35.5 Å². The summed E-state index contributed by atoms with van der Waals surface area (Å²) in [6.45, 7) is -0.122. The summed E-state index contributed by atoms with van der Waals surface area (Å²) in [7, 11) is 0. The summed E-state index contributed by atoms with van der Waals surface area (Å²) in [4.78, 5) is 36.6. The van der Waals surface area contributed by atoms with Crippen LogP contribution in [0.2, 0.25) is 0 Å². The summed E-state index contributed by atoms with van der Waals surface area (Å²) in [6.07, 6.45) is 0.530. The van der Waals surface area contributed by atoms with Gasteiger partial charge in [0.25, 0.3) is 5.91 Å². The Morgan fingerprint density at radius 1 is 1.21 bits per heavy atom. The van der Waals surface area contributed by atoms with Gasteiger partial charge in [0.15, 0.2) is 0 Å². The molecule has 8 heteroatoms. The number of H-pyrrole nitrogens is 1. The second-order valence-electron chi connectivity index (χ2n) is 5.13. The molecule has 8 nitrogen and oxygen atoms in total. The number of hydrogen-bond donors (Lipinski definition) is 4. The first-order valence-electron chi connectivity index (χ1n) is 7.29. The molecule has 24 heavy (non-hydrogen) atoms. The highest BCUT2D eigenvalue weighted by atomic mass is 16.4. The fourth-order valence-corrected chi connectivity index (χ4v) is 2.13. The molecule has 0 spiro atoms. The second kappa shape index (κ2) is 7.78. The molecule has 0 aliphatic carbocycles. The van der Waals surface area contributed by atoms with Crippen LogP contribution in [-0.4, -0.2) is 41.0 Å². The van der Waals surface area contributed by atoms with Gasteiger partial charge < -0.3 is 20.7 Å². The van der Waals surface area contributed by atoms with E-state index < -0.39 is 12.5 Å². The smallest absolute Gasteiger partial charge is 0.322 e. The lowest BCUT2D eigenvalue weighted by Gasteiger charge is -2.04. The summed E-state index contributed by atoms with van der Waals surface area (Å²) in [5.74, 6) is -1.79. The average Bonchev–Trinajstić information content (AvgIpc) is 2.99. The molecule has 0 saturated carbocycles. The van der Waals surface area contributed by atoms with Gasteiger partial charge in [-0.2, -0.15) is 5.26 Å². The van der Waals surface area contributed by atoms with Crippen LogP contribution in [0.15, 0.2) is 24.3 Å². The highest BCUT2D eigenvalue weighted by molar-refractivity contribution is 5.98. The maximum Gasteiger partial charge on any atom is 0.322 e. The van der Waals surface area contributed by atoms with E-state index >= 15 is 0 Å². The SMILES string of the molecule is N#Cc1ccc2[nH]c(C(=O)NCCCC(=O)NCC(=O)O)cc2c1. The van der Waals surface area contributed by atoms with Gasteiger partial charge >= 0.3 is 5.97 Å². The molecule has 0 aliphatic rings. The number of nitrogens with zero attached hydrogens (tertiary/aromatic N) is 1. The summed E-state index contributed by atoms with van der Waals surface area (Å²) in [5, 5.41) is 23.0. The molecular formula is C16H16N4O4. The van der Waals surface area contributed by atoms with E-state index in [0.29, 0.717) is 17.7 Å². The lowest BCUT2D eigenvalue weighted by Crippen LogP contribution is -2.30. The maximum absolute atomic E-state index is 12.0. The first-order valence-corrected chi connectivity index (χ1v) is 7.29. The zero-order chi connectivity index (χ0) is 17.5. The van der Waals surface area contributed by atoms with E-state index in [1.807, 2.05) is 6.07 Å². The van der Waals surface area contributed by atoms with Crippen LogP contribution in [0.1, 0.15) is 28.9 Å². The van der Waals surface area contributed by atoms with Crippen LogP contribution in [0.3, 0.4) is 0 Å². The minimum atomic E-state index is -1.10. The molecule has 0 unspecified atom stereocenters. The highest BCUT2D eigenvalue weighted by Gasteiger charge is 2.10. The van der Waals surface area contributed by atoms with E-state index in [-0.39, 0.29) is 24.8 Å². The molecule has 0 bridgehead atoms. The van der Waals surface area contributed by atoms with Crippen molar-refractivity contribution in [2.75, 3.05) is 13.1 Å². The molecule has 0 fully saturated rings. The first kappa shape index (κ1) is 17.0. The van der Waals surface area contributed by atoms with E-state index in [1.54, 1.807) is 24.3 Å². The number of rotatable bonds is 7. The van der Waals surface area contributed by atoms with Crippen molar-refractivity contribution < 1.29 is 19.5 Å². The molecule has 0 aliphatic heterocycles. The Balaban J connectivity index is 1.81. The maximum atomic E-state index is 12.0. The van der Waals surface area contributed by atoms with Gasteiger partial charge in [0, 0.05) is 23.9 Å². The number of carboxylic acids is 1. The molecular weight excluding hydrogens is 312 g/mol. The Morgan fingerprint density at radius 3 is 2.71 bits per heavy atom. The van der Waals surface area contributed by atoms with Crippen LogP contribution in [0.4, 0.5) is 0 Å². The third-order valence-corrected chi connectivity index (χ3v) is 3.30. The largest absolute Gasteiger partial charge is 0.480 e. The average molecular weight is 328 g/mol. The number of hydrogen-bond acceptors (Lipinski definition) is 4. The van der Waals surface area contributed by atoms with Crippen LogP contribution in [0, 0.1) is 11.3 Å². The van der Waals surface area contributed by atoms with E-state index in [9.17, 15) is 14.4 Å². The zero-order valence-corrected chi connectivity index (χ0v) is 12.8. The van der Waals surface area contributed by atoms with Gasteiger partial charge in [-0.25, -0.2) is 0 Å². The standard InChI is InChI=1S/C16H16N4O4/c17-8-10-3-4-12-11(6-10)7-13(20-12)16(24)18-5-1-2-14(21)19-9-15(22)23/h3-4,6-7,20H,1-2,5,9H2,(H,18,24)(H,19,21)(H,22,23). The number of carbonyl (C=O) groups is 3. The normalized spacial score (nSPS) is 10.1. The van der Waals surface area contributed by atoms with Crippen molar-refractivity contribution in [3.63, 3.8) is 0 Å². The predicted molar refractivity (Wildman–Crippen MR) is 85.2 cm³/mol. The number of fused-ring (bicyclic) bond motifs is 1. The quantitative estimate of drug-likeness (QED) is 0.556. The van der Waals surface area contributed by atoms with Crippen LogP contribution in [0.25, 0.3) is 10.9 Å². The summed E-state index contributed by atoms with van der Waals surface area (Å²) in [5.41, 5.74) is 1.64.